The topological polar surface area (TPSA) is 41.6 Å². The van der Waals surface area contributed by atoms with Gasteiger partial charge >= 0.3 is 6.09 Å². The van der Waals surface area contributed by atoms with Crippen LogP contribution in [-0.2, 0) is 11.2 Å². The molecule has 4 nitrogen and oxygen atoms in total. The average Bonchev–Trinajstić information content (AvgIpc) is 2.75. The summed E-state index contributed by atoms with van der Waals surface area (Å²) < 4.78 is 5.41. The molecule has 0 aliphatic carbocycles. The van der Waals surface area contributed by atoms with Gasteiger partial charge in [0.1, 0.15) is 6.10 Å². The highest BCUT2D eigenvalue weighted by molar-refractivity contribution is 5.90. The van der Waals surface area contributed by atoms with Crippen molar-refractivity contribution in [3.63, 3.8) is 0 Å². The molecule has 3 rings (SSSR count). The van der Waals surface area contributed by atoms with Gasteiger partial charge in [0, 0.05) is 12.2 Å². The number of hydrogen-bond acceptors (Lipinski definition) is 3. The summed E-state index contributed by atoms with van der Waals surface area (Å²) in [6.07, 6.45) is 1.75. The molecule has 1 aromatic carbocycles. The maximum atomic E-state index is 12.0. The standard InChI is InChI=1S/C14H18N2O2/c1-2-10-3-5-11(6-4-10)16-12-7-8-15-9-13(12)18-14(16)17/h3-6,12-13,15H,2,7-9H2,1H3. The minimum Gasteiger partial charge on any atom is -0.442 e. The Balaban J connectivity index is 1.87. The van der Waals surface area contributed by atoms with Gasteiger partial charge in [0.05, 0.1) is 6.04 Å². The van der Waals surface area contributed by atoms with E-state index in [0.717, 1.165) is 31.6 Å². The van der Waals surface area contributed by atoms with Gasteiger partial charge in [-0.05, 0) is 37.1 Å². The van der Waals surface area contributed by atoms with Crippen LogP contribution in [0.4, 0.5) is 10.5 Å². The second-order valence-corrected chi connectivity index (χ2v) is 4.87. The van der Waals surface area contributed by atoms with Crippen LogP contribution >= 0.6 is 0 Å². The first-order valence-electron chi connectivity index (χ1n) is 6.59. The van der Waals surface area contributed by atoms with Crippen molar-refractivity contribution in [3.05, 3.63) is 29.8 Å². The Morgan fingerprint density at radius 2 is 2.17 bits per heavy atom. The molecule has 0 radical (unpaired) electrons. The Labute approximate surface area is 107 Å². The SMILES string of the molecule is CCc1ccc(N2C(=O)OC3CNCCC32)cc1. The van der Waals surface area contributed by atoms with Gasteiger partial charge in [-0.2, -0.15) is 0 Å². The molecule has 1 aromatic rings. The molecular formula is C14H18N2O2. The van der Waals surface area contributed by atoms with Gasteiger partial charge in [-0.15, -0.1) is 0 Å². The first-order chi connectivity index (χ1) is 8.79. The zero-order valence-electron chi connectivity index (χ0n) is 10.6. The third-order valence-corrected chi connectivity index (χ3v) is 3.79. The van der Waals surface area contributed by atoms with E-state index in [4.69, 9.17) is 4.74 Å². The van der Waals surface area contributed by atoms with Crippen molar-refractivity contribution in [2.45, 2.75) is 31.9 Å². The van der Waals surface area contributed by atoms with Crippen LogP contribution in [0.5, 0.6) is 0 Å². The lowest BCUT2D eigenvalue weighted by Crippen LogP contribution is -2.47. The van der Waals surface area contributed by atoms with Crippen LogP contribution in [0.3, 0.4) is 0 Å². The van der Waals surface area contributed by atoms with Crippen molar-refractivity contribution in [3.8, 4) is 0 Å². The summed E-state index contributed by atoms with van der Waals surface area (Å²) in [6.45, 7) is 3.84. The third-order valence-electron chi connectivity index (χ3n) is 3.79. The van der Waals surface area contributed by atoms with Crippen molar-refractivity contribution in [1.82, 2.24) is 5.32 Å². The summed E-state index contributed by atoms with van der Waals surface area (Å²) in [5.74, 6) is 0. The van der Waals surface area contributed by atoms with Crippen LogP contribution in [0.1, 0.15) is 18.9 Å². The van der Waals surface area contributed by atoms with Crippen LogP contribution in [-0.4, -0.2) is 31.3 Å². The number of piperidine rings is 1. The highest BCUT2D eigenvalue weighted by Crippen LogP contribution is 2.30. The monoisotopic (exact) mass is 246 g/mol. The fraction of sp³-hybridized carbons (Fsp3) is 0.500. The molecule has 2 aliphatic rings. The Morgan fingerprint density at radius 1 is 1.39 bits per heavy atom. The van der Waals surface area contributed by atoms with Crippen molar-refractivity contribution in [1.29, 1.82) is 0 Å². The molecule has 0 bridgehead atoms. The fourth-order valence-corrected chi connectivity index (χ4v) is 2.74. The number of amides is 1. The Hall–Kier alpha value is -1.55. The molecule has 0 spiro atoms. The number of benzene rings is 1. The number of ether oxygens (including phenoxy) is 1. The zero-order valence-corrected chi connectivity index (χ0v) is 10.6. The zero-order chi connectivity index (χ0) is 12.5. The molecule has 2 aliphatic heterocycles. The van der Waals surface area contributed by atoms with Crippen LogP contribution in [0, 0.1) is 0 Å². The summed E-state index contributed by atoms with van der Waals surface area (Å²) in [7, 11) is 0. The highest BCUT2D eigenvalue weighted by Gasteiger charge is 2.43. The molecule has 1 amide bonds. The molecular weight excluding hydrogens is 228 g/mol. The molecule has 2 saturated heterocycles. The van der Waals surface area contributed by atoms with E-state index in [9.17, 15) is 4.79 Å². The number of carbonyl (C=O) groups is 1. The number of fused-ring (bicyclic) bond motifs is 1. The van der Waals surface area contributed by atoms with Crippen LogP contribution in [0.25, 0.3) is 0 Å². The predicted molar refractivity (Wildman–Crippen MR) is 69.8 cm³/mol. The van der Waals surface area contributed by atoms with E-state index < -0.39 is 0 Å². The van der Waals surface area contributed by atoms with Crippen molar-refractivity contribution in [2.24, 2.45) is 0 Å². The second kappa shape index (κ2) is 4.61. The minimum atomic E-state index is -0.210. The van der Waals surface area contributed by atoms with Gasteiger partial charge in [-0.3, -0.25) is 4.90 Å². The lowest BCUT2D eigenvalue weighted by atomic mass is 10.0. The molecule has 2 heterocycles. The highest BCUT2D eigenvalue weighted by atomic mass is 16.6. The van der Waals surface area contributed by atoms with Crippen molar-refractivity contribution >= 4 is 11.8 Å². The molecule has 0 saturated carbocycles. The lowest BCUT2D eigenvalue weighted by Gasteiger charge is -2.28. The first-order valence-corrected chi connectivity index (χ1v) is 6.59. The number of nitrogens with zero attached hydrogens (tertiary/aromatic N) is 1. The van der Waals surface area contributed by atoms with Crippen LogP contribution < -0.4 is 10.2 Å². The molecule has 4 heteroatoms. The quantitative estimate of drug-likeness (QED) is 0.867. The van der Waals surface area contributed by atoms with E-state index in [1.807, 2.05) is 17.0 Å². The number of aryl methyl sites for hydroxylation is 1. The third kappa shape index (κ3) is 1.86. The van der Waals surface area contributed by atoms with Crippen molar-refractivity contribution < 1.29 is 9.53 Å². The Bertz CT molecular complexity index is 444. The molecule has 2 atom stereocenters. The number of anilines is 1. The second-order valence-electron chi connectivity index (χ2n) is 4.87. The Kier molecular flexibility index (Phi) is 2.96. The minimum absolute atomic E-state index is 0.00268. The van der Waals surface area contributed by atoms with Gasteiger partial charge in [-0.1, -0.05) is 19.1 Å². The van der Waals surface area contributed by atoms with E-state index in [1.165, 1.54) is 5.56 Å². The van der Waals surface area contributed by atoms with E-state index in [0.29, 0.717) is 0 Å². The summed E-state index contributed by atoms with van der Waals surface area (Å²) in [6, 6.07) is 8.38. The summed E-state index contributed by atoms with van der Waals surface area (Å²) in [5, 5.41) is 3.26. The van der Waals surface area contributed by atoms with Gasteiger partial charge in [0.15, 0.2) is 0 Å². The van der Waals surface area contributed by atoms with E-state index in [1.54, 1.807) is 0 Å². The number of hydrogen-bond donors (Lipinski definition) is 1. The summed E-state index contributed by atoms with van der Waals surface area (Å²) in [4.78, 5) is 13.8. The van der Waals surface area contributed by atoms with Crippen LogP contribution in [0.2, 0.25) is 0 Å². The summed E-state index contributed by atoms with van der Waals surface area (Å²) in [5.41, 5.74) is 2.24. The molecule has 1 N–H and O–H groups in total. The van der Waals surface area contributed by atoms with Gasteiger partial charge in [0.25, 0.3) is 0 Å². The largest absolute Gasteiger partial charge is 0.442 e. The van der Waals surface area contributed by atoms with Gasteiger partial charge in [0.2, 0.25) is 0 Å². The number of rotatable bonds is 2. The normalized spacial score (nSPS) is 26.9. The molecule has 2 unspecified atom stereocenters. The fourth-order valence-electron chi connectivity index (χ4n) is 2.74. The van der Waals surface area contributed by atoms with Crippen LogP contribution in [0.15, 0.2) is 24.3 Å². The van der Waals surface area contributed by atoms with Gasteiger partial charge in [-0.25, -0.2) is 4.79 Å². The average molecular weight is 246 g/mol. The van der Waals surface area contributed by atoms with E-state index in [2.05, 4.69) is 24.4 Å². The van der Waals surface area contributed by atoms with Gasteiger partial charge < -0.3 is 10.1 Å². The number of nitrogens with one attached hydrogen (secondary N) is 1. The van der Waals surface area contributed by atoms with E-state index >= 15 is 0 Å². The molecule has 0 aromatic heterocycles. The van der Waals surface area contributed by atoms with Crippen molar-refractivity contribution in [2.75, 3.05) is 18.0 Å². The van der Waals surface area contributed by atoms with E-state index in [-0.39, 0.29) is 18.2 Å². The maximum Gasteiger partial charge on any atom is 0.415 e. The molecule has 96 valence electrons. The smallest absolute Gasteiger partial charge is 0.415 e. The lowest BCUT2D eigenvalue weighted by molar-refractivity contribution is 0.121. The Morgan fingerprint density at radius 3 is 2.89 bits per heavy atom. The predicted octanol–water partition coefficient (Wildman–Crippen LogP) is 1.94. The number of carbonyl (C=O) groups excluding carboxylic acids is 1. The first kappa shape index (κ1) is 11.5. The summed E-state index contributed by atoms with van der Waals surface area (Å²) >= 11 is 0. The molecule has 2 fully saturated rings. The molecule has 18 heavy (non-hydrogen) atoms. The maximum absolute atomic E-state index is 12.0.